The van der Waals surface area contributed by atoms with Gasteiger partial charge in [0.25, 0.3) is 0 Å². The molecule has 30 heavy (non-hydrogen) atoms. The topological polar surface area (TPSA) is 96.6 Å². The van der Waals surface area contributed by atoms with Gasteiger partial charge in [-0.25, -0.2) is 4.99 Å². The van der Waals surface area contributed by atoms with Gasteiger partial charge in [0.1, 0.15) is 18.1 Å². The summed E-state index contributed by atoms with van der Waals surface area (Å²) < 4.78 is 7.64. The zero-order chi connectivity index (χ0) is 21.9. The Bertz CT molecular complexity index is 809. The molecule has 3 N–H and O–H groups in total. The number of aromatic nitrogens is 3. The number of nitrogens with one attached hydrogen (secondary N) is 2. The predicted molar refractivity (Wildman–Crippen MR) is 123 cm³/mol. The standard InChI is InChI=1S/C21H34N6O2S/c1-15(2)29-18-9-6-8-17(12-18)19(28)13-23-21(22-10-7-11-30-5)24-14-20-26-25-16(3)27(20)4/h6,8-9,12,15,19,28H,7,10-11,13-14H2,1-5H3,(H2,22,23,24). The van der Waals surface area contributed by atoms with Crippen molar-refractivity contribution in [2.45, 2.75) is 45.9 Å². The molecule has 0 saturated heterocycles. The van der Waals surface area contributed by atoms with Gasteiger partial charge in [-0.1, -0.05) is 12.1 Å². The number of aliphatic imine (C=N–C) groups is 1. The van der Waals surface area contributed by atoms with E-state index in [4.69, 9.17) is 4.74 Å². The highest BCUT2D eigenvalue weighted by Crippen LogP contribution is 2.20. The summed E-state index contributed by atoms with van der Waals surface area (Å²) in [5.74, 6) is 4.11. The Morgan fingerprint density at radius 1 is 1.30 bits per heavy atom. The van der Waals surface area contributed by atoms with Crippen LogP contribution in [-0.2, 0) is 13.6 Å². The van der Waals surface area contributed by atoms with Crippen molar-refractivity contribution in [2.24, 2.45) is 12.0 Å². The molecule has 1 atom stereocenters. The van der Waals surface area contributed by atoms with E-state index in [1.165, 1.54) is 0 Å². The number of aliphatic hydroxyl groups excluding tert-OH is 1. The van der Waals surface area contributed by atoms with Gasteiger partial charge in [-0.05, 0) is 56.9 Å². The third-order valence-corrected chi connectivity index (χ3v) is 5.15. The third-order valence-electron chi connectivity index (χ3n) is 4.46. The molecular weight excluding hydrogens is 400 g/mol. The minimum Gasteiger partial charge on any atom is -0.491 e. The number of thioether (sulfide) groups is 1. The van der Waals surface area contributed by atoms with Gasteiger partial charge in [0.2, 0.25) is 0 Å². The quantitative estimate of drug-likeness (QED) is 0.284. The molecule has 0 aliphatic rings. The number of benzene rings is 1. The lowest BCUT2D eigenvalue weighted by Gasteiger charge is -2.17. The van der Waals surface area contributed by atoms with Crippen LogP contribution in [0.1, 0.15) is 43.6 Å². The van der Waals surface area contributed by atoms with Crippen LogP contribution in [0.25, 0.3) is 0 Å². The first kappa shape index (κ1) is 24.0. The molecule has 1 unspecified atom stereocenters. The molecule has 0 fully saturated rings. The molecule has 0 aliphatic heterocycles. The van der Waals surface area contributed by atoms with Gasteiger partial charge in [0.05, 0.1) is 12.2 Å². The van der Waals surface area contributed by atoms with Gasteiger partial charge in [-0.15, -0.1) is 10.2 Å². The molecule has 2 aromatic rings. The summed E-state index contributed by atoms with van der Waals surface area (Å²) >= 11 is 1.82. The third kappa shape index (κ3) is 7.87. The van der Waals surface area contributed by atoms with Crippen LogP contribution < -0.4 is 15.4 Å². The molecule has 0 spiro atoms. The lowest BCUT2D eigenvalue weighted by Crippen LogP contribution is -2.40. The summed E-state index contributed by atoms with van der Waals surface area (Å²) in [5, 5.41) is 25.4. The van der Waals surface area contributed by atoms with E-state index in [1.807, 2.05) is 68.4 Å². The Morgan fingerprint density at radius 2 is 2.10 bits per heavy atom. The second kappa shape index (κ2) is 12.4. The van der Waals surface area contributed by atoms with Crippen molar-refractivity contribution in [3.63, 3.8) is 0 Å². The number of ether oxygens (including phenoxy) is 1. The predicted octanol–water partition coefficient (Wildman–Crippen LogP) is 2.43. The van der Waals surface area contributed by atoms with E-state index in [1.54, 1.807) is 0 Å². The highest BCUT2D eigenvalue weighted by atomic mass is 32.2. The number of hydrogen-bond acceptors (Lipinski definition) is 6. The number of hydrogen-bond donors (Lipinski definition) is 3. The number of nitrogens with zero attached hydrogens (tertiary/aromatic N) is 4. The fourth-order valence-electron chi connectivity index (χ4n) is 2.71. The lowest BCUT2D eigenvalue weighted by molar-refractivity contribution is 0.179. The maximum atomic E-state index is 10.6. The maximum absolute atomic E-state index is 10.6. The SMILES string of the molecule is CSCCCNC(=NCc1nnc(C)n1C)NCC(O)c1cccc(OC(C)C)c1. The van der Waals surface area contributed by atoms with Crippen LogP contribution in [0.3, 0.4) is 0 Å². The second-order valence-corrected chi connectivity index (χ2v) is 8.28. The second-order valence-electron chi connectivity index (χ2n) is 7.30. The average Bonchev–Trinajstić information content (AvgIpc) is 3.04. The molecule has 8 nitrogen and oxygen atoms in total. The van der Waals surface area contributed by atoms with Crippen molar-refractivity contribution in [3.05, 3.63) is 41.5 Å². The van der Waals surface area contributed by atoms with Gasteiger partial charge >= 0.3 is 0 Å². The number of guanidine groups is 1. The van der Waals surface area contributed by atoms with Crippen molar-refractivity contribution < 1.29 is 9.84 Å². The molecule has 0 aliphatic carbocycles. The van der Waals surface area contributed by atoms with E-state index in [0.29, 0.717) is 19.0 Å². The van der Waals surface area contributed by atoms with Crippen LogP contribution >= 0.6 is 11.8 Å². The number of aryl methyl sites for hydroxylation is 1. The van der Waals surface area contributed by atoms with E-state index in [2.05, 4.69) is 32.1 Å². The van der Waals surface area contributed by atoms with Crippen molar-refractivity contribution in [1.29, 1.82) is 0 Å². The first-order chi connectivity index (χ1) is 14.4. The Balaban J connectivity index is 2.00. The first-order valence-corrected chi connectivity index (χ1v) is 11.6. The van der Waals surface area contributed by atoms with Gasteiger partial charge < -0.3 is 25.0 Å². The van der Waals surface area contributed by atoms with E-state index >= 15 is 0 Å². The lowest BCUT2D eigenvalue weighted by atomic mass is 10.1. The van der Waals surface area contributed by atoms with E-state index < -0.39 is 6.10 Å². The smallest absolute Gasteiger partial charge is 0.191 e. The fourth-order valence-corrected chi connectivity index (χ4v) is 3.15. The van der Waals surface area contributed by atoms with Gasteiger partial charge in [-0.3, -0.25) is 0 Å². The molecule has 166 valence electrons. The van der Waals surface area contributed by atoms with E-state index in [0.717, 1.165) is 41.7 Å². The van der Waals surface area contributed by atoms with Crippen LogP contribution in [-0.4, -0.2) is 57.0 Å². The number of aliphatic hydroxyl groups is 1. The molecule has 0 amide bonds. The van der Waals surface area contributed by atoms with Crippen LogP contribution in [0.2, 0.25) is 0 Å². The Labute approximate surface area is 183 Å². The van der Waals surface area contributed by atoms with Crippen molar-refractivity contribution in [3.8, 4) is 5.75 Å². The van der Waals surface area contributed by atoms with Crippen LogP contribution in [0, 0.1) is 6.92 Å². The summed E-state index contributed by atoms with van der Waals surface area (Å²) in [7, 11) is 1.93. The summed E-state index contributed by atoms with van der Waals surface area (Å²) in [6.07, 6.45) is 2.53. The molecule has 1 aromatic carbocycles. The fraction of sp³-hybridized carbons (Fsp3) is 0.571. The number of rotatable bonds is 11. The average molecular weight is 435 g/mol. The minimum absolute atomic E-state index is 0.0870. The largest absolute Gasteiger partial charge is 0.491 e. The molecule has 9 heteroatoms. The summed E-state index contributed by atoms with van der Waals surface area (Å²) in [6.45, 7) is 7.41. The summed E-state index contributed by atoms with van der Waals surface area (Å²) in [5.41, 5.74) is 0.798. The Hall–Kier alpha value is -2.26. The summed E-state index contributed by atoms with van der Waals surface area (Å²) in [6, 6.07) is 7.55. The molecule has 1 aromatic heterocycles. The zero-order valence-corrected chi connectivity index (χ0v) is 19.4. The maximum Gasteiger partial charge on any atom is 0.191 e. The van der Waals surface area contributed by atoms with Crippen molar-refractivity contribution in [1.82, 2.24) is 25.4 Å². The summed E-state index contributed by atoms with van der Waals surface area (Å²) in [4.78, 5) is 4.62. The van der Waals surface area contributed by atoms with Crippen LogP contribution in [0.5, 0.6) is 5.75 Å². The highest BCUT2D eigenvalue weighted by Gasteiger charge is 2.11. The highest BCUT2D eigenvalue weighted by molar-refractivity contribution is 7.98. The molecule has 2 rings (SSSR count). The van der Waals surface area contributed by atoms with E-state index in [9.17, 15) is 5.11 Å². The van der Waals surface area contributed by atoms with Gasteiger partial charge in [-0.2, -0.15) is 11.8 Å². The monoisotopic (exact) mass is 434 g/mol. The minimum atomic E-state index is -0.684. The van der Waals surface area contributed by atoms with Crippen LogP contribution in [0.4, 0.5) is 0 Å². The van der Waals surface area contributed by atoms with Gasteiger partial charge in [0, 0.05) is 20.1 Å². The molecule has 1 heterocycles. The normalized spacial score (nSPS) is 12.8. The zero-order valence-electron chi connectivity index (χ0n) is 18.6. The van der Waals surface area contributed by atoms with Crippen LogP contribution in [0.15, 0.2) is 29.3 Å². The molecular formula is C21H34N6O2S. The van der Waals surface area contributed by atoms with Crippen molar-refractivity contribution in [2.75, 3.05) is 25.1 Å². The Morgan fingerprint density at radius 3 is 2.77 bits per heavy atom. The van der Waals surface area contributed by atoms with Crippen molar-refractivity contribution >= 4 is 17.7 Å². The Kier molecular flexibility index (Phi) is 9.96. The molecule has 0 saturated carbocycles. The van der Waals surface area contributed by atoms with E-state index in [-0.39, 0.29) is 6.10 Å². The molecule has 0 radical (unpaired) electrons. The molecule has 0 bridgehead atoms. The first-order valence-electron chi connectivity index (χ1n) is 10.2. The van der Waals surface area contributed by atoms with Gasteiger partial charge in [0.15, 0.2) is 11.8 Å².